The van der Waals surface area contributed by atoms with Gasteiger partial charge in [0.1, 0.15) is 5.75 Å². The van der Waals surface area contributed by atoms with Crippen LogP contribution in [-0.2, 0) is 11.3 Å². The molecule has 3 N–H and O–H groups in total. The van der Waals surface area contributed by atoms with E-state index < -0.39 is 0 Å². The molecule has 3 aromatic carbocycles. The zero-order valence-electron chi connectivity index (χ0n) is 17.4. The summed E-state index contributed by atoms with van der Waals surface area (Å²) in [5.41, 5.74) is 1.85. The van der Waals surface area contributed by atoms with Gasteiger partial charge in [0.2, 0.25) is 5.91 Å². The molecule has 156 valence electrons. The third-order valence-corrected chi connectivity index (χ3v) is 4.53. The van der Waals surface area contributed by atoms with Crippen LogP contribution >= 0.6 is 0 Å². The van der Waals surface area contributed by atoms with Gasteiger partial charge in [0.25, 0.3) is 0 Å². The van der Waals surface area contributed by atoms with Crippen molar-refractivity contribution in [1.82, 2.24) is 10.6 Å². The molecule has 0 aliphatic heterocycles. The first-order valence-electron chi connectivity index (χ1n) is 10.1. The van der Waals surface area contributed by atoms with Gasteiger partial charge in [-0.2, -0.15) is 0 Å². The van der Waals surface area contributed by atoms with E-state index in [4.69, 9.17) is 4.74 Å². The summed E-state index contributed by atoms with van der Waals surface area (Å²) in [6, 6.07) is 22.1. The Morgan fingerprint density at radius 2 is 1.80 bits per heavy atom. The van der Waals surface area contributed by atoms with Crippen molar-refractivity contribution in [1.29, 1.82) is 0 Å². The van der Waals surface area contributed by atoms with E-state index in [-0.39, 0.29) is 5.91 Å². The fourth-order valence-corrected chi connectivity index (χ4v) is 3.09. The zero-order chi connectivity index (χ0) is 21.2. The number of nitrogens with one attached hydrogen (secondary N) is 3. The third kappa shape index (κ3) is 6.51. The van der Waals surface area contributed by atoms with E-state index in [9.17, 15) is 4.79 Å². The molecular formula is C24H28N4O2. The highest BCUT2D eigenvalue weighted by Gasteiger charge is 2.01. The van der Waals surface area contributed by atoms with Crippen LogP contribution in [-0.4, -0.2) is 32.1 Å². The molecule has 1 amide bonds. The van der Waals surface area contributed by atoms with Crippen LogP contribution in [0.2, 0.25) is 0 Å². The predicted molar refractivity (Wildman–Crippen MR) is 123 cm³/mol. The number of guanidine groups is 1. The second-order valence-electron chi connectivity index (χ2n) is 6.95. The number of anilines is 1. The summed E-state index contributed by atoms with van der Waals surface area (Å²) in [7, 11) is 1.74. The lowest BCUT2D eigenvalue weighted by atomic mass is 10.1. The molecule has 0 fully saturated rings. The fraction of sp³-hybridized carbons (Fsp3) is 0.250. The van der Waals surface area contributed by atoms with Crippen LogP contribution in [0, 0.1) is 0 Å². The highest BCUT2D eigenvalue weighted by atomic mass is 16.5. The van der Waals surface area contributed by atoms with Gasteiger partial charge >= 0.3 is 0 Å². The van der Waals surface area contributed by atoms with Crippen LogP contribution in [0.1, 0.15) is 18.9 Å². The van der Waals surface area contributed by atoms with E-state index in [2.05, 4.69) is 45.2 Å². The summed E-state index contributed by atoms with van der Waals surface area (Å²) in [5, 5.41) is 11.8. The van der Waals surface area contributed by atoms with Gasteiger partial charge in [-0.05, 0) is 47.0 Å². The van der Waals surface area contributed by atoms with Gasteiger partial charge in [0.05, 0.1) is 6.61 Å². The van der Waals surface area contributed by atoms with Crippen LogP contribution < -0.4 is 20.7 Å². The molecule has 0 aromatic heterocycles. The number of benzene rings is 3. The number of hydrogen-bond donors (Lipinski definition) is 3. The fourth-order valence-electron chi connectivity index (χ4n) is 3.09. The Kier molecular flexibility index (Phi) is 7.66. The number of hydrogen-bond acceptors (Lipinski definition) is 3. The van der Waals surface area contributed by atoms with Gasteiger partial charge in [-0.3, -0.25) is 9.79 Å². The summed E-state index contributed by atoms with van der Waals surface area (Å²) < 4.78 is 5.87. The molecule has 0 bridgehead atoms. The molecule has 3 aromatic rings. The van der Waals surface area contributed by atoms with E-state index in [1.165, 1.54) is 17.7 Å². The molecule has 0 radical (unpaired) electrons. The van der Waals surface area contributed by atoms with Crippen LogP contribution in [0.5, 0.6) is 5.75 Å². The number of amides is 1. The van der Waals surface area contributed by atoms with Gasteiger partial charge in [-0.15, -0.1) is 0 Å². The Labute approximate surface area is 177 Å². The van der Waals surface area contributed by atoms with Crippen molar-refractivity contribution in [3.63, 3.8) is 0 Å². The normalized spacial score (nSPS) is 11.2. The number of carbonyl (C=O) groups excluding carboxylic acids is 1. The summed E-state index contributed by atoms with van der Waals surface area (Å²) in [6.07, 6.45) is 0.853. The summed E-state index contributed by atoms with van der Waals surface area (Å²) in [5.74, 6) is 1.53. The highest BCUT2D eigenvalue weighted by molar-refractivity contribution is 5.88. The first kappa shape index (κ1) is 21.2. The van der Waals surface area contributed by atoms with Crippen molar-refractivity contribution in [2.75, 3.05) is 25.5 Å². The number of aliphatic imine (C=N–C) groups is 1. The lowest BCUT2D eigenvalue weighted by Gasteiger charge is -2.13. The van der Waals surface area contributed by atoms with Crippen molar-refractivity contribution in [2.24, 2.45) is 4.99 Å². The zero-order valence-corrected chi connectivity index (χ0v) is 17.4. The van der Waals surface area contributed by atoms with Crippen molar-refractivity contribution in [2.45, 2.75) is 19.9 Å². The highest BCUT2D eigenvalue weighted by Crippen LogP contribution is 2.20. The van der Waals surface area contributed by atoms with Gasteiger partial charge in [-0.25, -0.2) is 0 Å². The standard InChI is InChI=1S/C24H28N4O2/c1-18(29)28-22-10-5-7-19(15-22)17-27-24(25-2)26-13-6-14-30-23-12-11-20-8-3-4-9-21(20)16-23/h3-5,7-12,15-16H,6,13-14,17H2,1-2H3,(H,28,29)(H2,25,26,27). The van der Waals surface area contributed by atoms with Crippen molar-refractivity contribution >= 4 is 28.3 Å². The van der Waals surface area contributed by atoms with Gasteiger partial charge in [-0.1, -0.05) is 42.5 Å². The van der Waals surface area contributed by atoms with E-state index in [1.54, 1.807) is 7.05 Å². The quantitative estimate of drug-likeness (QED) is 0.302. The molecule has 6 heteroatoms. The minimum absolute atomic E-state index is 0.0801. The van der Waals surface area contributed by atoms with Crippen molar-refractivity contribution in [3.8, 4) is 5.75 Å². The van der Waals surface area contributed by atoms with Crippen LogP contribution in [0.25, 0.3) is 10.8 Å². The maximum Gasteiger partial charge on any atom is 0.221 e. The molecule has 0 aliphatic rings. The molecule has 0 spiro atoms. The summed E-state index contributed by atoms with van der Waals surface area (Å²) in [6.45, 7) is 3.49. The number of nitrogens with zero attached hydrogens (tertiary/aromatic N) is 1. The first-order valence-corrected chi connectivity index (χ1v) is 10.1. The maximum absolute atomic E-state index is 11.2. The number of carbonyl (C=O) groups is 1. The van der Waals surface area contributed by atoms with E-state index in [1.807, 2.05) is 42.5 Å². The molecule has 30 heavy (non-hydrogen) atoms. The van der Waals surface area contributed by atoms with Crippen LogP contribution in [0.15, 0.2) is 71.7 Å². The minimum atomic E-state index is -0.0801. The molecule has 0 saturated carbocycles. The largest absolute Gasteiger partial charge is 0.494 e. The molecule has 6 nitrogen and oxygen atoms in total. The number of fused-ring (bicyclic) bond motifs is 1. The summed E-state index contributed by atoms with van der Waals surface area (Å²) >= 11 is 0. The Bertz CT molecular complexity index is 1020. The molecule has 0 heterocycles. The second kappa shape index (κ2) is 10.9. The Balaban J connectivity index is 1.38. The minimum Gasteiger partial charge on any atom is -0.494 e. The molecule has 0 saturated heterocycles. The Morgan fingerprint density at radius 1 is 0.967 bits per heavy atom. The average Bonchev–Trinajstić information content (AvgIpc) is 2.75. The van der Waals surface area contributed by atoms with Crippen LogP contribution in [0.3, 0.4) is 0 Å². The van der Waals surface area contributed by atoms with Gasteiger partial charge < -0.3 is 20.7 Å². The van der Waals surface area contributed by atoms with Gasteiger partial charge in [0, 0.05) is 32.7 Å². The second-order valence-corrected chi connectivity index (χ2v) is 6.95. The lowest BCUT2D eigenvalue weighted by molar-refractivity contribution is -0.114. The van der Waals surface area contributed by atoms with Crippen molar-refractivity contribution in [3.05, 3.63) is 72.3 Å². The molecule has 0 atom stereocenters. The molecule has 0 unspecified atom stereocenters. The third-order valence-electron chi connectivity index (χ3n) is 4.53. The first-order chi connectivity index (χ1) is 14.6. The van der Waals surface area contributed by atoms with E-state index in [0.29, 0.717) is 13.2 Å². The van der Waals surface area contributed by atoms with E-state index in [0.717, 1.165) is 35.9 Å². The molecular weight excluding hydrogens is 376 g/mol. The Hall–Kier alpha value is -3.54. The van der Waals surface area contributed by atoms with Crippen LogP contribution in [0.4, 0.5) is 5.69 Å². The number of rotatable bonds is 8. The number of ether oxygens (including phenoxy) is 1. The smallest absolute Gasteiger partial charge is 0.221 e. The Morgan fingerprint density at radius 3 is 2.60 bits per heavy atom. The van der Waals surface area contributed by atoms with Crippen molar-refractivity contribution < 1.29 is 9.53 Å². The topological polar surface area (TPSA) is 74.8 Å². The summed E-state index contributed by atoms with van der Waals surface area (Å²) in [4.78, 5) is 15.4. The predicted octanol–water partition coefficient (Wildman–Crippen LogP) is 3.93. The molecule has 0 aliphatic carbocycles. The molecule has 3 rings (SSSR count). The SMILES string of the molecule is CN=C(NCCCOc1ccc2ccccc2c1)NCc1cccc(NC(C)=O)c1. The lowest BCUT2D eigenvalue weighted by Crippen LogP contribution is -2.37. The van der Waals surface area contributed by atoms with E-state index >= 15 is 0 Å². The monoisotopic (exact) mass is 404 g/mol. The maximum atomic E-state index is 11.2. The average molecular weight is 405 g/mol. The van der Waals surface area contributed by atoms with Gasteiger partial charge in [0.15, 0.2) is 5.96 Å².